The minimum absolute atomic E-state index is 0.546. The van der Waals surface area contributed by atoms with Crippen molar-refractivity contribution in [2.45, 2.75) is 18.7 Å². The van der Waals surface area contributed by atoms with Gasteiger partial charge in [-0.3, -0.25) is 10.1 Å². The molecule has 1 amide bonds. The van der Waals surface area contributed by atoms with Crippen LogP contribution in [0.1, 0.15) is 18.7 Å². The monoisotopic (exact) mass is 392 g/mol. The van der Waals surface area contributed by atoms with Crippen LogP contribution in [0.15, 0.2) is 24.3 Å². The van der Waals surface area contributed by atoms with Gasteiger partial charge in [-0.1, -0.05) is 12.1 Å². The summed E-state index contributed by atoms with van der Waals surface area (Å²) in [5.41, 5.74) is -1.13. The fourth-order valence-corrected chi connectivity index (χ4v) is 2.03. The number of amides is 1. The number of nitrogens with one attached hydrogen (secondary N) is 2. The summed E-state index contributed by atoms with van der Waals surface area (Å²) in [5, 5.41) is 15.1. The van der Waals surface area contributed by atoms with Crippen LogP contribution in [-0.4, -0.2) is 36.7 Å². The Hall–Kier alpha value is -1.19. The van der Waals surface area contributed by atoms with E-state index < -0.39 is 23.6 Å². The number of aliphatic hydroxyl groups is 1. The molecule has 0 aliphatic rings. The van der Waals surface area contributed by atoms with Crippen LogP contribution >= 0.6 is 22.6 Å². The predicted molar refractivity (Wildman–Crippen MR) is 81.7 cm³/mol. The number of rotatable bonds is 5. The van der Waals surface area contributed by atoms with Gasteiger partial charge in [0.2, 0.25) is 0 Å². The number of halogens is 1. The molecule has 0 radical (unpaired) electrons. The van der Waals surface area contributed by atoms with E-state index in [1.54, 1.807) is 12.1 Å². The molecule has 0 saturated carbocycles. The second-order valence-electron chi connectivity index (χ2n) is 4.29. The number of ether oxygens (including phenoxy) is 1. The van der Waals surface area contributed by atoms with Gasteiger partial charge in [-0.25, -0.2) is 4.79 Å². The summed E-state index contributed by atoms with van der Waals surface area (Å²) in [4.78, 5) is 23.7. The first kappa shape index (κ1) is 16.9. The largest absolute Gasteiger partial charge is 0.467 e. The maximum atomic E-state index is 11.9. The SMILES string of the molecule is CNC(=O)C(C)(NC(O)c1ccc(I)cc1)C(=O)OC. The van der Waals surface area contributed by atoms with Gasteiger partial charge in [-0.05, 0) is 47.2 Å². The third-order valence-corrected chi connectivity index (χ3v) is 3.61. The minimum atomic E-state index is -1.67. The normalized spacial score (nSPS) is 15.1. The highest BCUT2D eigenvalue weighted by Crippen LogP contribution is 2.17. The van der Waals surface area contributed by atoms with Crippen LogP contribution in [-0.2, 0) is 14.3 Å². The molecule has 0 fully saturated rings. The van der Waals surface area contributed by atoms with Crippen LogP contribution < -0.4 is 10.6 Å². The van der Waals surface area contributed by atoms with E-state index in [2.05, 4.69) is 38.0 Å². The Morgan fingerprint density at radius 2 is 1.90 bits per heavy atom. The molecule has 0 aromatic heterocycles. The summed E-state index contributed by atoms with van der Waals surface area (Å²) < 4.78 is 5.63. The molecule has 110 valence electrons. The molecule has 0 spiro atoms. The minimum Gasteiger partial charge on any atom is -0.467 e. The second kappa shape index (κ2) is 7.00. The first-order valence-electron chi connectivity index (χ1n) is 5.87. The molecule has 1 aromatic carbocycles. The highest BCUT2D eigenvalue weighted by atomic mass is 127. The Labute approximate surface area is 131 Å². The molecule has 1 aromatic rings. The van der Waals surface area contributed by atoms with E-state index in [0.717, 1.165) is 3.57 Å². The Morgan fingerprint density at radius 3 is 2.35 bits per heavy atom. The van der Waals surface area contributed by atoms with Crippen molar-refractivity contribution < 1.29 is 19.4 Å². The molecule has 0 saturated heterocycles. The zero-order chi connectivity index (χ0) is 15.3. The summed E-state index contributed by atoms with van der Waals surface area (Å²) in [7, 11) is 2.59. The van der Waals surface area contributed by atoms with E-state index in [1.807, 2.05) is 12.1 Å². The number of carbonyl (C=O) groups excluding carboxylic acids is 2. The molecular formula is C13H17IN2O4. The topological polar surface area (TPSA) is 87.7 Å². The number of carbonyl (C=O) groups is 2. The lowest BCUT2D eigenvalue weighted by Gasteiger charge is -2.29. The summed E-state index contributed by atoms with van der Waals surface area (Å²) in [5.74, 6) is -1.37. The third-order valence-electron chi connectivity index (χ3n) is 2.89. The van der Waals surface area contributed by atoms with Gasteiger partial charge >= 0.3 is 5.97 Å². The predicted octanol–water partition coefficient (Wildman–Crippen LogP) is 0.549. The molecule has 1 rings (SSSR count). The second-order valence-corrected chi connectivity index (χ2v) is 5.54. The number of esters is 1. The van der Waals surface area contributed by atoms with Crippen LogP contribution in [0.3, 0.4) is 0 Å². The highest BCUT2D eigenvalue weighted by molar-refractivity contribution is 14.1. The quantitative estimate of drug-likeness (QED) is 0.295. The van der Waals surface area contributed by atoms with Gasteiger partial charge in [0.15, 0.2) is 5.54 Å². The van der Waals surface area contributed by atoms with E-state index in [0.29, 0.717) is 5.56 Å². The summed E-state index contributed by atoms with van der Waals surface area (Å²) >= 11 is 2.14. The van der Waals surface area contributed by atoms with Crippen LogP contribution in [0.4, 0.5) is 0 Å². The van der Waals surface area contributed by atoms with Gasteiger partial charge in [0.1, 0.15) is 6.23 Å². The maximum Gasteiger partial charge on any atom is 0.335 e. The molecular weight excluding hydrogens is 375 g/mol. The molecule has 20 heavy (non-hydrogen) atoms. The summed E-state index contributed by atoms with van der Waals surface area (Å²) in [6.45, 7) is 1.35. The zero-order valence-corrected chi connectivity index (χ0v) is 13.6. The molecule has 2 atom stereocenters. The Kier molecular flexibility index (Phi) is 5.90. The van der Waals surface area contributed by atoms with Crippen molar-refractivity contribution in [3.05, 3.63) is 33.4 Å². The maximum absolute atomic E-state index is 11.9. The van der Waals surface area contributed by atoms with Gasteiger partial charge in [-0.2, -0.15) is 0 Å². The fraction of sp³-hybridized carbons (Fsp3) is 0.385. The summed E-state index contributed by atoms with van der Waals surface area (Å²) in [6.07, 6.45) is -1.17. The van der Waals surface area contributed by atoms with E-state index in [9.17, 15) is 14.7 Å². The van der Waals surface area contributed by atoms with Gasteiger partial charge in [-0.15, -0.1) is 0 Å². The average molecular weight is 392 g/mol. The van der Waals surface area contributed by atoms with Crippen LogP contribution in [0.25, 0.3) is 0 Å². The Bertz CT molecular complexity index is 474. The lowest BCUT2D eigenvalue weighted by atomic mass is 10.00. The first-order valence-corrected chi connectivity index (χ1v) is 6.95. The summed E-state index contributed by atoms with van der Waals surface area (Å²) in [6, 6.07) is 7.05. The Morgan fingerprint density at radius 1 is 1.35 bits per heavy atom. The van der Waals surface area contributed by atoms with Gasteiger partial charge < -0.3 is 15.2 Å². The molecule has 0 heterocycles. The van der Waals surface area contributed by atoms with Crippen LogP contribution in [0.5, 0.6) is 0 Å². The van der Waals surface area contributed by atoms with Crippen molar-refractivity contribution in [1.29, 1.82) is 0 Å². The molecule has 6 nitrogen and oxygen atoms in total. The number of hydrogen-bond donors (Lipinski definition) is 3. The zero-order valence-electron chi connectivity index (χ0n) is 11.4. The van der Waals surface area contributed by atoms with E-state index >= 15 is 0 Å². The lowest BCUT2D eigenvalue weighted by molar-refractivity contribution is -0.155. The van der Waals surface area contributed by atoms with Crippen molar-refractivity contribution in [2.75, 3.05) is 14.2 Å². The number of benzene rings is 1. The molecule has 2 unspecified atom stereocenters. The third kappa shape index (κ3) is 3.68. The van der Waals surface area contributed by atoms with E-state index in [-0.39, 0.29) is 0 Å². The van der Waals surface area contributed by atoms with E-state index in [1.165, 1.54) is 21.1 Å². The number of likely N-dealkylation sites (N-methyl/N-ethyl adjacent to an activating group) is 1. The number of methoxy groups -OCH3 is 1. The molecule has 0 aliphatic heterocycles. The Balaban J connectivity index is 2.98. The highest BCUT2D eigenvalue weighted by Gasteiger charge is 2.43. The van der Waals surface area contributed by atoms with Crippen molar-refractivity contribution in [3.63, 3.8) is 0 Å². The van der Waals surface area contributed by atoms with Gasteiger partial charge in [0, 0.05) is 10.6 Å². The van der Waals surface area contributed by atoms with Gasteiger partial charge in [0.05, 0.1) is 7.11 Å². The molecule has 0 aliphatic carbocycles. The molecule has 7 heteroatoms. The van der Waals surface area contributed by atoms with Crippen molar-refractivity contribution in [2.24, 2.45) is 0 Å². The molecule has 0 bridgehead atoms. The van der Waals surface area contributed by atoms with Crippen molar-refractivity contribution in [1.82, 2.24) is 10.6 Å². The number of aliphatic hydroxyl groups excluding tert-OH is 1. The smallest absolute Gasteiger partial charge is 0.335 e. The number of hydrogen-bond acceptors (Lipinski definition) is 5. The lowest BCUT2D eigenvalue weighted by Crippen LogP contribution is -2.60. The van der Waals surface area contributed by atoms with Crippen molar-refractivity contribution >= 4 is 34.5 Å². The average Bonchev–Trinajstić information content (AvgIpc) is 2.45. The first-order chi connectivity index (χ1) is 9.35. The van der Waals surface area contributed by atoms with Gasteiger partial charge in [0.25, 0.3) is 5.91 Å². The van der Waals surface area contributed by atoms with Crippen LogP contribution in [0, 0.1) is 3.57 Å². The fourth-order valence-electron chi connectivity index (χ4n) is 1.67. The standard InChI is InChI=1S/C13H17IN2O4/c1-13(11(18)15-2,12(19)20-3)16-10(17)8-4-6-9(14)7-5-8/h4-7,10,16-17H,1-3H3,(H,15,18). The van der Waals surface area contributed by atoms with E-state index in [4.69, 9.17) is 0 Å². The molecule has 3 N–H and O–H groups in total. The van der Waals surface area contributed by atoms with Crippen LogP contribution in [0.2, 0.25) is 0 Å². The van der Waals surface area contributed by atoms with Crippen molar-refractivity contribution in [3.8, 4) is 0 Å².